The first kappa shape index (κ1) is 9.67. The first-order valence-corrected chi connectivity index (χ1v) is 1.11. The molecule has 7 heavy (non-hydrogen) atoms. The Morgan fingerprint density at radius 3 is 1.43 bits per heavy atom. The van der Waals surface area contributed by atoms with Gasteiger partial charge in [-0.1, -0.05) is 0 Å². The van der Waals surface area contributed by atoms with Crippen LogP contribution in [0.3, 0.4) is 0 Å². The third-order valence-corrected chi connectivity index (χ3v) is 0.134. The van der Waals surface area contributed by atoms with Crippen molar-refractivity contribution in [2.24, 2.45) is 0 Å². The Morgan fingerprint density at radius 1 is 1.00 bits per heavy atom. The van der Waals surface area contributed by atoms with Gasteiger partial charge in [-0.2, -0.15) is 0 Å². The quantitative estimate of drug-likeness (QED) is 0.229. The summed E-state index contributed by atoms with van der Waals surface area (Å²) in [6.45, 7) is 0.0167. The van der Waals surface area contributed by atoms with Crippen LogP contribution in [-0.2, 0) is 36.1 Å². The first-order valence-electron chi connectivity index (χ1n) is 1.11. The van der Waals surface area contributed by atoms with Crippen LogP contribution in [0.1, 0.15) is 0 Å². The molecule has 0 bridgehead atoms. The smallest absolute Gasteiger partial charge is 0.251 e. The van der Waals surface area contributed by atoms with Crippen molar-refractivity contribution in [2.75, 3.05) is 0 Å². The van der Waals surface area contributed by atoms with Crippen LogP contribution in [0.25, 0.3) is 0 Å². The van der Waals surface area contributed by atoms with E-state index in [0.717, 1.165) is 0 Å². The molecule has 0 aromatic heterocycles. The fourth-order valence-electron chi connectivity index (χ4n) is 0.0454. The van der Waals surface area contributed by atoms with E-state index in [9.17, 15) is 0 Å². The van der Waals surface area contributed by atoms with E-state index in [-0.39, 0.29) is 29.7 Å². The van der Waals surface area contributed by atoms with Gasteiger partial charge in [0.1, 0.15) is 0 Å². The molecule has 4 nitrogen and oxygen atoms in total. The van der Waals surface area contributed by atoms with Crippen molar-refractivity contribution in [3.63, 3.8) is 0 Å². The molecule has 0 atom stereocenters. The summed E-state index contributed by atoms with van der Waals surface area (Å²) in [6.07, 6.45) is 0. The molecule has 0 amide bonds. The van der Waals surface area contributed by atoms with E-state index in [0.29, 0.717) is 0 Å². The Labute approximate surface area is 49.9 Å². The predicted molar refractivity (Wildman–Crippen MR) is 14.3 cm³/mol. The maximum atomic E-state index is 9.06. The third-order valence-electron chi connectivity index (χ3n) is 0.134. The van der Waals surface area contributed by atoms with E-state index in [4.69, 9.17) is 9.59 Å². The fraction of sp³-hybridized carbons (Fsp3) is 0. The van der Waals surface area contributed by atoms with Gasteiger partial charge < -0.3 is 0 Å². The van der Waals surface area contributed by atoms with Crippen molar-refractivity contribution in [1.82, 2.24) is 0 Å². The second-order valence-electron chi connectivity index (χ2n) is 0.385. The minimum Gasteiger partial charge on any atom is -0.251 e. The molecule has 0 saturated carbocycles. The largest absolute Gasteiger partial charge is 0.344 e. The summed E-state index contributed by atoms with van der Waals surface area (Å²) >= 11 is 0. The van der Waals surface area contributed by atoms with Crippen LogP contribution in [-0.4, -0.2) is 12.9 Å². The number of hydrogen-bond acceptors (Lipinski definition) is 4. The summed E-state index contributed by atoms with van der Waals surface area (Å²) in [4.78, 5) is 25.0. The van der Waals surface area contributed by atoms with Crippen molar-refractivity contribution in [3.8, 4) is 0 Å². The number of rotatable bonds is 3. The van der Waals surface area contributed by atoms with Crippen LogP contribution in [0, 0.1) is 0 Å². The Bertz CT molecular complexity index is 45.7. The van der Waals surface area contributed by atoms with E-state index in [1.54, 1.807) is 0 Å². The van der Waals surface area contributed by atoms with Gasteiger partial charge in [0.15, 0.2) is 0 Å². The molecular weight excluding hydrogens is 147 g/mol. The van der Waals surface area contributed by atoms with Gasteiger partial charge in [0.25, 0.3) is 0 Å². The first-order chi connectivity index (χ1) is 2.91. The van der Waals surface area contributed by atoms with Crippen molar-refractivity contribution in [2.45, 2.75) is 0 Å². The van der Waals surface area contributed by atoms with E-state index < -0.39 is 0 Å². The zero-order valence-electron chi connectivity index (χ0n) is 3.12. The van der Waals surface area contributed by atoms with Crippen molar-refractivity contribution >= 4 is 12.9 Å². The topological polar surface area (TPSA) is 52.6 Å². The van der Waals surface area contributed by atoms with Crippen molar-refractivity contribution in [3.05, 3.63) is 0 Å². The van der Waals surface area contributed by atoms with E-state index in [1.165, 1.54) is 0 Å². The molecule has 0 aliphatic carbocycles. The van der Waals surface area contributed by atoms with Crippen LogP contribution in [0.5, 0.6) is 0 Å². The van der Waals surface area contributed by atoms with Gasteiger partial charge in [-0.25, -0.2) is 0 Å². The molecule has 0 aliphatic rings. The summed E-state index contributed by atoms with van der Waals surface area (Å²) in [5, 5.41) is 0. The summed E-state index contributed by atoms with van der Waals surface area (Å²) in [5.41, 5.74) is 0. The molecule has 1 radical (unpaired) electrons. The maximum absolute atomic E-state index is 9.06. The summed E-state index contributed by atoms with van der Waals surface area (Å²) < 4.78 is 0. The average Bonchev–Trinajstić information content (AvgIpc) is 1.61. The fourth-order valence-corrected chi connectivity index (χ4v) is 0.0454. The molecular formula is C2H2CoO4. The van der Waals surface area contributed by atoms with Gasteiger partial charge in [-0.3, -0.25) is 19.4 Å². The molecule has 0 N–H and O–H groups in total. The molecule has 0 aliphatic heterocycles. The Hall–Kier alpha value is -0.554. The predicted octanol–water partition coefficient (Wildman–Crippen LogP) is -0.755. The van der Waals surface area contributed by atoms with E-state index in [2.05, 4.69) is 9.78 Å². The second kappa shape index (κ2) is 9.07. The second-order valence-corrected chi connectivity index (χ2v) is 0.385. The number of hydrogen-bond donors (Lipinski definition) is 0. The Balaban J connectivity index is 0. The van der Waals surface area contributed by atoms with Crippen LogP contribution in [0.2, 0.25) is 0 Å². The van der Waals surface area contributed by atoms with Gasteiger partial charge >= 0.3 is 12.9 Å². The molecule has 0 unspecified atom stereocenters. The zero-order valence-corrected chi connectivity index (χ0v) is 4.16. The zero-order chi connectivity index (χ0) is 4.83. The molecule has 43 valence electrons. The van der Waals surface area contributed by atoms with Crippen molar-refractivity contribution < 1.29 is 36.1 Å². The average molecular weight is 149 g/mol. The van der Waals surface area contributed by atoms with Gasteiger partial charge in [-0.05, 0) is 0 Å². The molecule has 0 rings (SSSR count). The van der Waals surface area contributed by atoms with Gasteiger partial charge in [0.2, 0.25) is 0 Å². The molecule has 0 aromatic carbocycles. The van der Waals surface area contributed by atoms with Crippen molar-refractivity contribution in [1.29, 1.82) is 0 Å². The Kier molecular flexibility index (Phi) is 12.5. The van der Waals surface area contributed by atoms with Crippen LogP contribution in [0.4, 0.5) is 0 Å². The van der Waals surface area contributed by atoms with Gasteiger partial charge in [0.05, 0.1) is 0 Å². The molecule has 0 spiro atoms. The van der Waals surface area contributed by atoms with Crippen LogP contribution >= 0.6 is 0 Å². The third kappa shape index (κ3) is 10.8. The normalized spacial score (nSPS) is 5.14. The summed E-state index contributed by atoms with van der Waals surface area (Å²) in [6, 6.07) is 0. The molecule has 0 saturated heterocycles. The molecule has 5 heteroatoms. The van der Waals surface area contributed by atoms with Crippen LogP contribution < -0.4 is 0 Å². The number of carbonyl (C=O) groups is 2. The Morgan fingerprint density at radius 2 is 1.29 bits per heavy atom. The van der Waals surface area contributed by atoms with Gasteiger partial charge in [0, 0.05) is 16.8 Å². The molecule has 0 heterocycles. The van der Waals surface area contributed by atoms with Gasteiger partial charge in [-0.15, -0.1) is 0 Å². The molecule has 0 fully saturated rings. The monoisotopic (exact) mass is 149 g/mol. The van der Waals surface area contributed by atoms with E-state index in [1.807, 2.05) is 0 Å². The van der Waals surface area contributed by atoms with E-state index >= 15 is 0 Å². The SMILES string of the molecule is O=COOC=O.[Co]. The minimum atomic E-state index is 0. The standard InChI is InChI=1S/C2H2O4.Co/c3-1-5-6-2-4;/h1-2H;. The summed E-state index contributed by atoms with van der Waals surface area (Å²) in [7, 11) is 0. The minimum absolute atomic E-state index is 0. The maximum Gasteiger partial charge on any atom is 0.344 e. The molecule has 0 aromatic rings. The summed E-state index contributed by atoms with van der Waals surface area (Å²) in [5.74, 6) is 0. The van der Waals surface area contributed by atoms with Crippen LogP contribution in [0.15, 0.2) is 0 Å². The number of carbonyl (C=O) groups excluding carboxylic acids is 2.